The molecule has 6 rings (SSSR count). The lowest BCUT2D eigenvalue weighted by Crippen LogP contribution is -2.52. The van der Waals surface area contributed by atoms with Crippen molar-refractivity contribution in [2.24, 2.45) is 10.9 Å². The zero-order chi connectivity index (χ0) is 31.9. The topological polar surface area (TPSA) is 137 Å². The molecule has 3 atom stereocenters. The third-order valence-electron chi connectivity index (χ3n) is 8.43. The number of rotatable bonds is 8. The minimum absolute atomic E-state index is 0.0398. The molecule has 234 valence electrons. The molecule has 14 heteroatoms. The fraction of sp³-hybridized carbons (Fsp3) is 0.355. The third kappa shape index (κ3) is 5.59. The highest BCUT2D eigenvalue weighted by Gasteiger charge is 2.57. The lowest BCUT2D eigenvalue weighted by atomic mass is 9.84. The van der Waals surface area contributed by atoms with Crippen molar-refractivity contribution in [3.8, 4) is 0 Å². The van der Waals surface area contributed by atoms with Gasteiger partial charge in [0.25, 0.3) is 5.91 Å². The number of thiazole rings is 1. The Morgan fingerprint density at radius 2 is 2.04 bits per heavy atom. The minimum atomic E-state index is -2.11. The number of halogens is 2. The maximum absolute atomic E-state index is 16.3. The molecule has 0 radical (unpaired) electrons. The van der Waals surface area contributed by atoms with Crippen LogP contribution >= 0.6 is 11.3 Å². The number of aromatic nitrogens is 2. The summed E-state index contributed by atoms with van der Waals surface area (Å²) in [6.07, 6.45) is 2.69. The van der Waals surface area contributed by atoms with Gasteiger partial charge in [0, 0.05) is 62.0 Å². The lowest BCUT2D eigenvalue weighted by Gasteiger charge is -2.38. The highest BCUT2D eigenvalue weighted by Crippen LogP contribution is 2.42. The number of carboxylic acid groups (broad SMARTS) is 1. The molecule has 2 fully saturated rings. The van der Waals surface area contributed by atoms with E-state index in [0.29, 0.717) is 27.7 Å². The van der Waals surface area contributed by atoms with Crippen molar-refractivity contribution in [1.29, 1.82) is 0 Å². The summed E-state index contributed by atoms with van der Waals surface area (Å²) in [5, 5.41) is 14.8. The SMILES string of the molecule is CCOC(=O)C1=C(CN2CC[C@]3(F)C(=O)N(c4ccc(C(=O)O)cn4)C[C@@H]3C2)NC(c2nccs2)=N[C@H]1c1cccc(F)c1C. The predicted molar refractivity (Wildman–Crippen MR) is 161 cm³/mol. The summed E-state index contributed by atoms with van der Waals surface area (Å²) in [5.41, 5.74) is -0.609. The zero-order valence-electron chi connectivity index (χ0n) is 24.5. The van der Waals surface area contributed by atoms with Crippen LogP contribution in [0.4, 0.5) is 14.6 Å². The normalized spacial score (nSPS) is 23.4. The second kappa shape index (κ2) is 12.1. The first-order valence-electron chi connectivity index (χ1n) is 14.4. The molecule has 1 amide bonds. The number of benzene rings is 1. The molecular weight excluding hydrogens is 606 g/mol. The number of fused-ring (bicyclic) bond motifs is 1. The third-order valence-corrected chi connectivity index (χ3v) is 9.21. The van der Waals surface area contributed by atoms with Gasteiger partial charge >= 0.3 is 11.9 Å². The van der Waals surface area contributed by atoms with Crippen LogP contribution in [0.25, 0.3) is 0 Å². The van der Waals surface area contributed by atoms with Gasteiger partial charge < -0.3 is 15.2 Å². The Hall–Kier alpha value is -4.56. The average molecular weight is 637 g/mol. The number of amides is 1. The summed E-state index contributed by atoms with van der Waals surface area (Å²) < 4.78 is 36.5. The number of nitrogens with one attached hydrogen (secondary N) is 1. The Balaban J connectivity index is 1.32. The molecule has 0 bridgehead atoms. The number of hydrogen-bond donors (Lipinski definition) is 2. The van der Waals surface area contributed by atoms with E-state index in [2.05, 4.69) is 15.3 Å². The van der Waals surface area contributed by atoms with E-state index in [1.807, 2.05) is 4.90 Å². The number of esters is 1. The second-order valence-electron chi connectivity index (χ2n) is 11.1. The van der Waals surface area contributed by atoms with Gasteiger partial charge in [-0.05, 0) is 43.2 Å². The van der Waals surface area contributed by atoms with Gasteiger partial charge in [0.15, 0.2) is 16.5 Å². The van der Waals surface area contributed by atoms with Crippen molar-refractivity contribution < 1.29 is 33.0 Å². The van der Waals surface area contributed by atoms with Crippen LogP contribution in [-0.4, -0.2) is 82.1 Å². The average Bonchev–Trinajstić information content (AvgIpc) is 3.65. The van der Waals surface area contributed by atoms with Crippen LogP contribution in [0.5, 0.6) is 0 Å². The van der Waals surface area contributed by atoms with Gasteiger partial charge in [-0.1, -0.05) is 12.1 Å². The van der Waals surface area contributed by atoms with Crippen molar-refractivity contribution in [2.45, 2.75) is 32.0 Å². The Kier molecular flexibility index (Phi) is 8.18. The van der Waals surface area contributed by atoms with Crippen LogP contribution in [0.1, 0.15) is 45.9 Å². The summed E-state index contributed by atoms with van der Waals surface area (Å²) in [6.45, 7) is 4.08. The van der Waals surface area contributed by atoms with Crippen LogP contribution in [0.15, 0.2) is 64.4 Å². The van der Waals surface area contributed by atoms with Crippen molar-refractivity contribution in [1.82, 2.24) is 20.2 Å². The van der Waals surface area contributed by atoms with Gasteiger partial charge in [-0.3, -0.25) is 19.6 Å². The number of aliphatic imine (C=N–C) groups is 1. The number of piperidine rings is 1. The number of carbonyl (C=O) groups excluding carboxylic acids is 2. The van der Waals surface area contributed by atoms with Crippen LogP contribution in [0.3, 0.4) is 0 Å². The molecule has 3 aliphatic heterocycles. The fourth-order valence-electron chi connectivity index (χ4n) is 6.09. The van der Waals surface area contributed by atoms with E-state index < -0.39 is 41.3 Å². The number of carbonyl (C=O) groups is 3. The number of pyridine rings is 1. The number of amidine groups is 1. The van der Waals surface area contributed by atoms with Crippen molar-refractivity contribution in [2.75, 3.05) is 37.7 Å². The summed E-state index contributed by atoms with van der Waals surface area (Å²) >= 11 is 1.35. The molecule has 3 aromatic rings. The Bertz CT molecular complexity index is 1710. The monoisotopic (exact) mass is 636 g/mol. The van der Waals surface area contributed by atoms with Crippen LogP contribution in [-0.2, 0) is 14.3 Å². The molecule has 2 aromatic heterocycles. The molecule has 0 unspecified atom stereocenters. The molecule has 11 nitrogen and oxygen atoms in total. The predicted octanol–water partition coefficient (Wildman–Crippen LogP) is 3.67. The molecular formula is C31H30F2N6O5S. The highest BCUT2D eigenvalue weighted by molar-refractivity contribution is 7.11. The second-order valence-corrected chi connectivity index (χ2v) is 12.0. The molecule has 0 saturated carbocycles. The molecule has 2 N–H and O–H groups in total. The fourth-order valence-corrected chi connectivity index (χ4v) is 6.67. The first kappa shape index (κ1) is 30.5. The van der Waals surface area contributed by atoms with Crippen molar-refractivity contribution in [3.63, 3.8) is 0 Å². The van der Waals surface area contributed by atoms with E-state index in [1.54, 1.807) is 37.6 Å². The molecule has 45 heavy (non-hydrogen) atoms. The minimum Gasteiger partial charge on any atom is -0.478 e. The van der Waals surface area contributed by atoms with E-state index >= 15 is 4.39 Å². The van der Waals surface area contributed by atoms with Gasteiger partial charge in [-0.25, -0.2) is 28.3 Å². The molecule has 2 saturated heterocycles. The van der Waals surface area contributed by atoms with E-state index in [-0.39, 0.29) is 56.2 Å². The molecule has 5 heterocycles. The Labute approximate surface area is 261 Å². The Morgan fingerprint density at radius 3 is 2.73 bits per heavy atom. The zero-order valence-corrected chi connectivity index (χ0v) is 25.3. The maximum atomic E-state index is 16.3. The van der Waals surface area contributed by atoms with Gasteiger partial charge in [-0.15, -0.1) is 11.3 Å². The molecule has 0 spiro atoms. The van der Waals surface area contributed by atoms with E-state index in [1.165, 1.54) is 34.4 Å². The summed E-state index contributed by atoms with van der Waals surface area (Å²) in [5.74, 6) is -3.00. The van der Waals surface area contributed by atoms with Crippen molar-refractivity contribution >= 4 is 40.8 Å². The first-order valence-corrected chi connectivity index (χ1v) is 15.3. The largest absolute Gasteiger partial charge is 0.478 e. The quantitative estimate of drug-likeness (QED) is 0.355. The van der Waals surface area contributed by atoms with Crippen LogP contribution in [0, 0.1) is 18.7 Å². The number of ether oxygens (including phenoxy) is 1. The van der Waals surface area contributed by atoms with E-state index in [0.717, 1.165) is 6.20 Å². The lowest BCUT2D eigenvalue weighted by molar-refractivity contribution is -0.139. The Morgan fingerprint density at radius 1 is 1.22 bits per heavy atom. The van der Waals surface area contributed by atoms with Gasteiger partial charge in [-0.2, -0.15) is 0 Å². The number of likely N-dealkylation sites (tertiary alicyclic amines) is 1. The van der Waals surface area contributed by atoms with E-state index in [4.69, 9.17) is 9.73 Å². The first-order chi connectivity index (χ1) is 21.6. The summed E-state index contributed by atoms with van der Waals surface area (Å²) in [7, 11) is 0. The number of anilines is 1. The maximum Gasteiger partial charge on any atom is 0.338 e. The van der Waals surface area contributed by atoms with E-state index in [9.17, 15) is 23.9 Å². The number of alkyl halides is 1. The van der Waals surface area contributed by atoms with Gasteiger partial charge in [0.2, 0.25) is 0 Å². The smallest absolute Gasteiger partial charge is 0.338 e. The number of nitrogens with zero attached hydrogens (tertiary/aromatic N) is 5. The summed E-state index contributed by atoms with van der Waals surface area (Å²) in [6, 6.07) is 6.48. The van der Waals surface area contributed by atoms with Gasteiger partial charge in [0.1, 0.15) is 17.7 Å². The van der Waals surface area contributed by atoms with Crippen LogP contribution in [0.2, 0.25) is 0 Å². The number of aromatic carboxylic acids is 1. The molecule has 0 aliphatic carbocycles. The molecule has 1 aromatic carbocycles. The highest BCUT2D eigenvalue weighted by atomic mass is 32.1. The van der Waals surface area contributed by atoms with Crippen LogP contribution < -0.4 is 10.2 Å². The van der Waals surface area contributed by atoms with Gasteiger partial charge in [0.05, 0.1) is 17.7 Å². The summed E-state index contributed by atoms with van der Waals surface area (Å²) in [4.78, 5) is 54.5. The number of hydrogen-bond acceptors (Lipinski definition) is 10. The van der Waals surface area contributed by atoms with Crippen molar-refractivity contribution in [3.05, 3.63) is 86.9 Å². The number of carboxylic acids is 1. The standard InChI is InChI=1S/C31H30F2N6O5S/c1-3-44-29(42)24-22(36-26(27-34-10-12-45-27)37-25(24)20-5-4-6-21(32)17(20)2)16-38-11-9-31(33)19(14-38)15-39(30(31)43)23-8-7-18(13-35-23)28(40)41/h4-8,10,12-13,19,25H,3,9,11,14-16H2,1-2H3,(H,36,37)(H,40,41)/t19-,25-,31+/m0/s1. The molecule has 3 aliphatic rings.